The maximum atomic E-state index is 9.74. The van der Waals surface area contributed by atoms with Crippen molar-refractivity contribution in [2.45, 2.75) is 96.2 Å². The highest BCUT2D eigenvalue weighted by molar-refractivity contribution is 5.38. The van der Waals surface area contributed by atoms with Gasteiger partial charge in [0.15, 0.2) is 11.8 Å². The Morgan fingerprint density at radius 2 is 1.76 bits per heavy atom. The Morgan fingerprint density at radius 3 is 2.56 bits per heavy atom. The van der Waals surface area contributed by atoms with Crippen LogP contribution in [0.4, 0.5) is 0 Å². The molecule has 1 aromatic heterocycles. The summed E-state index contributed by atoms with van der Waals surface area (Å²) in [6, 6.07) is 10.4. The van der Waals surface area contributed by atoms with Crippen LogP contribution in [0.1, 0.15) is 87.3 Å². The van der Waals surface area contributed by atoms with E-state index in [1.165, 1.54) is 56.9 Å². The summed E-state index contributed by atoms with van der Waals surface area (Å²) < 4.78 is 1.57. The third kappa shape index (κ3) is 4.37. The number of hydrogen-bond acceptors (Lipinski definition) is 4. The third-order valence-electron chi connectivity index (χ3n) is 9.61. The minimum absolute atomic E-state index is 0.147. The number of benzene rings is 1. The van der Waals surface area contributed by atoms with Crippen LogP contribution in [0.2, 0.25) is 0 Å². The van der Waals surface area contributed by atoms with Crippen LogP contribution in [-0.4, -0.2) is 32.5 Å². The molecule has 186 valence electrons. The predicted octanol–water partition coefficient (Wildman–Crippen LogP) is 5.47. The second kappa shape index (κ2) is 9.94. The number of hydrogen-bond donors (Lipinski definition) is 4. The van der Waals surface area contributed by atoms with E-state index in [0.717, 1.165) is 36.8 Å². The quantitative estimate of drug-likeness (QED) is 0.370. The van der Waals surface area contributed by atoms with Crippen LogP contribution in [0, 0.1) is 17.3 Å². The molecule has 1 aromatic carbocycles. The van der Waals surface area contributed by atoms with Crippen molar-refractivity contribution in [1.82, 2.24) is 9.88 Å². The monoisotopic (exact) mass is 466 g/mol. The van der Waals surface area contributed by atoms with Gasteiger partial charge in [-0.2, -0.15) is 0 Å². The molecule has 34 heavy (non-hydrogen) atoms. The number of aryl methyl sites for hydroxylation is 1. The van der Waals surface area contributed by atoms with E-state index in [2.05, 4.69) is 30.4 Å². The van der Waals surface area contributed by atoms with Crippen LogP contribution < -0.4 is 5.32 Å². The number of unbranched alkanes of at least 4 members (excludes halogenated alkanes) is 3. The number of aromatic hydroxyl groups is 2. The zero-order chi connectivity index (χ0) is 23.7. The fourth-order valence-electron chi connectivity index (χ4n) is 7.77. The minimum Gasteiger partial charge on any atom is -0.494 e. The number of nitrogens with zero attached hydrogens (tertiary/aromatic N) is 1. The minimum atomic E-state index is 0.147. The van der Waals surface area contributed by atoms with Gasteiger partial charge in [-0.1, -0.05) is 38.0 Å². The Bertz CT molecular complexity index is 966. The van der Waals surface area contributed by atoms with Crippen molar-refractivity contribution < 1.29 is 15.3 Å². The lowest BCUT2D eigenvalue weighted by Gasteiger charge is -2.51. The molecule has 5 nitrogen and oxygen atoms in total. The van der Waals surface area contributed by atoms with Crippen molar-refractivity contribution in [3.05, 3.63) is 47.0 Å². The molecule has 5 rings (SSSR count). The van der Waals surface area contributed by atoms with Crippen molar-refractivity contribution in [1.29, 1.82) is 0 Å². The van der Waals surface area contributed by atoms with E-state index >= 15 is 0 Å². The van der Waals surface area contributed by atoms with Gasteiger partial charge in [-0.05, 0) is 97.8 Å². The number of nitrogens with one attached hydrogen (secondary N) is 1. The fourth-order valence-corrected chi connectivity index (χ4v) is 7.77. The largest absolute Gasteiger partial charge is 0.494 e. The van der Waals surface area contributed by atoms with Gasteiger partial charge in [0.25, 0.3) is 0 Å². The van der Waals surface area contributed by atoms with Gasteiger partial charge in [0.2, 0.25) is 0 Å². The predicted molar refractivity (Wildman–Crippen MR) is 135 cm³/mol. The molecule has 3 aliphatic rings. The van der Waals surface area contributed by atoms with Crippen molar-refractivity contribution in [3.8, 4) is 11.8 Å². The third-order valence-corrected chi connectivity index (χ3v) is 9.61. The first-order valence-corrected chi connectivity index (χ1v) is 13.5. The summed E-state index contributed by atoms with van der Waals surface area (Å²) in [6.45, 7) is 4.48. The molecule has 0 radical (unpaired) electrons. The molecule has 0 aliphatic heterocycles. The van der Waals surface area contributed by atoms with Gasteiger partial charge < -0.3 is 20.6 Å². The SMILES string of the molecule is C[C@]12CCC3c4ccc(CO)cc4CCC3C1CC[C@@H]2NCCCCCCn1c(O)ccc1O. The zero-order valence-electron chi connectivity index (χ0n) is 20.7. The summed E-state index contributed by atoms with van der Waals surface area (Å²) in [5, 5.41) is 33.0. The van der Waals surface area contributed by atoms with Gasteiger partial charge in [0.05, 0.1) is 6.61 Å². The summed E-state index contributed by atoms with van der Waals surface area (Å²) in [6.07, 6.45) is 12.2. The Labute approximate surface area is 204 Å². The van der Waals surface area contributed by atoms with Crippen molar-refractivity contribution >= 4 is 0 Å². The van der Waals surface area contributed by atoms with Crippen LogP contribution >= 0.6 is 0 Å². The lowest BCUT2D eigenvalue weighted by molar-refractivity contribution is 0.0412. The van der Waals surface area contributed by atoms with Gasteiger partial charge in [-0.25, -0.2) is 0 Å². The molecule has 0 saturated heterocycles. The van der Waals surface area contributed by atoms with Crippen LogP contribution in [-0.2, 0) is 19.6 Å². The molecule has 3 unspecified atom stereocenters. The molecule has 4 N–H and O–H groups in total. The van der Waals surface area contributed by atoms with Crippen LogP contribution in [0.3, 0.4) is 0 Å². The summed E-state index contributed by atoms with van der Waals surface area (Å²) in [5.74, 6) is 2.66. The number of aromatic nitrogens is 1. The molecule has 0 amide bonds. The molecule has 1 heterocycles. The standard InChI is InChI=1S/C29H42N2O3/c1-29-15-14-23-22-8-6-20(19-32)18-21(22)7-9-24(23)25(29)10-11-26(29)30-16-4-2-3-5-17-31-27(33)12-13-28(31)34/h6,8,12-13,18,23-26,30,32-34H,2-5,7,9-11,14-17,19H2,1H3/t23?,24?,25?,26-,29-/m0/s1. The second-order valence-electron chi connectivity index (χ2n) is 11.4. The van der Waals surface area contributed by atoms with Crippen LogP contribution in [0.25, 0.3) is 0 Å². The molecule has 0 bridgehead atoms. The maximum absolute atomic E-state index is 9.74. The molecule has 5 atom stereocenters. The van der Waals surface area contributed by atoms with E-state index in [1.807, 2.05) is 0 Å². The van der Waals surface area contributed by atoms with Gasteiger partial charge in [0.1, 0.15) is 0 Å². The van der Waals surface area contributed by atoms with Gasteiger partial charge in [-0.15, -0.1) is 0 Å². The summed E-state index contributed by atoms with van der Waals surface area (Å²) in [4.78, 5) is 0. The number of aliphatic hydroxyl groups excluding tert-OH is 1. The fraction of sp³-hybridized carbons (Fsp3) is 0.655. The average Bonchev–Trinajstić information content (AvgIpc) is 3.36. The van der Waals surface area contributed by atoms with Crippen molar-refractivity contribution in [2.24, 2.45) is 17.3 Å². The normalized spacial score (nSPS) is 30.1. The second-order valence-corrected chi connectivity index (χ2v) is 11.4. The maximum Gasteiger partial charge on any atom is 0.193 e. The molecule has 2 aromatic rings. The van der Waals surface area contributed by atoms with E-state index in [-0.39, 0.29) is 18.4 Å². The summed E-state index contributed by atoms with van der Waals surface area (Å²) in [7, 11) is 0. The first kappa shape index (κ1) is 23.7. The molecular formula is C29H42N2O3. The lowest BCUT2D eigenvalue weighted by Crippen LogP contribution is -2.48. The average molecular weight is 467 g/mol. The van der Waals surface area contributed by atoms with Gasteiger partial charge in [-0.3, -0.25) is 4.57 Å². The Balaban J connectivity index is 1.09. The Kier molecular flexibility index (Phi) is 6.95. The highest BCUT2D eigenvalue weighted by atomic mass is 16.3. The Hall–Kier alpha value is -1.98. The first-order chi connectivity index (χ1) is 16.5. The molecular weight excluding hydrogens is 424 g/mol. The highest BCUT2D eigenvalue weighted by Crippen LogP contribution is 2.60. The topological polar surface area (TPSA) is 77.7 Å². The van der Waals surface area contributed by atoms with E-state index in [9.17, 15) is 15.3 Å². The summed E-state index contributed by atoms with van der Waals surface area (Å²) >= 11 is 0. The van der Waals surface area contributed by atoms with E-state index in [4.69, 9.17) is 0 Å². The van der Waals surface area contributed by atoms with E-state index in [1.54, 1.807) is 22.3 Å². The van der Waals surface area contributed by atoms with Crippen molar-refractivity contribution in [3.63, 3.8) is 0 Å². The zero-order valence-corrected chi connectivity index (χ0v) is 20.7. The molecule has 5 heteroatoms. The Morgan fingerprint density at radius 1 is 0.971 bits per heavy atom. The summed E-state index contributed by atoms with van der Waals surface area (Å²) in [5.41, 5.74) is 4.55. The molecule has 0 spiro atoms. The van der Waals surface area contributed by atoms with Crippen molar-refractivity contribution in [2.75, 3.05) is 6.54 Å². The van der Waals surface area contributed by atoms with E-state index < -0.39 is 0 Å². The number of fused-ring (bicyclic) bond motifs is 5. The lowest BCUT2D eigenvalue weighted by atomic mass is 9.55. The first-order valence-electron chi connectivity index (χ1n) is 13.5. The molecule has 2 saturated carbocycles. The van der Waals surface area contributed by atoms with E-state index in [0.29, 0.717) is 23.9 Å². The number of aliphatic hydroxyl groups is 1. The highest BCUT2D eigenvalue weighted by Gasteiger charge is 2.54. The van der Waals surface area contributed by atoms with Gasteiger partial charge in [0, 0.05) is 24.7 Å². The smallest absolute Gasteiger partial charge is 0.193 e. The van der Waals surface area contributed by atoms with Gasteiger partial charge >= 0.3 is 0 Å². The van der Waals surface area contributed by atoms with Crippen LogP contribution in [0.15, 0.2) is 30.3 Å². The molecule has 3 aliphatic carbocycles. The molecule has 2 fully saturated rings. The van der Waals surface area contributed by atoms with Crippen LogP contribution in [0.5, 0.6) is 11.8 Å². The number of rotatable bonds is 9.